The van der Waals surface area contributed by atoms with E-state index in [9.17, 15) is 31.9 Å². The number of carboxylic acids is 1. The highest BCUT2D eigenvalue weighted by molar-refractivity contribution is 6.05. The van der Waals surface area contributed by atoms with Crippen LogP contribution in [0.25, 0.3) is 10.9 Å². The maximum absolute atomic E-state index is 14.4. The molecule has 0 aliphatic rings. The number of methoxy groups -OCH3 is 1. The van der Waals surface area contributed by atoms with Crippen LogP contribution in [-0.4, -0.2) is 41.1 Å². The van der Waals surface area contributed by atoms with E-state index in [1.165, 1.54) is 20.1 Å². The lowest BCUT2D eigenvalue weighted by atomic mass is 10.1. The number of aromatic nitrogens is 1. The number of ether oxygens (including phenoxy) is 1. The standard InChI is InChI=1S/C22H18F4N2O5/c1-11-14(8-19(29)27-10-20(30)31)15-7-18(33-2)16(23)9-17(15)28(11)21(32)12-3-5-13(6-4-12)22(24,25)26/h3-7,9H,8,10H2,1-2H3,(H,27,29)(H,30,31). The smallest absolute Gasteiger partial charge is 0.416 e. The van der Waals surface area contributed by atoms with Crippen LogP contribution in [0.4, 0.5) is 17.6 Å². The van der Waals surface area contributed by atoms with Gasteiger partial charge in [0.2, 0.25) is 5.91 Å². The molecule has 0 aliphatic carbocycles. The molecule has 0 unspecified atom stereocenters. The number of benzene rings is 2. The average Bonchev–Trinajstić information content (AvgIpc) is 3.01. The molecule has 7 nitrogen and oxygen atoms in total. The average molecular weight is 466 g/mol. The highest BCUT2D eigenvalue weighted by Gasteiger charge is 2.30. The fraction of sp³-hybridized carbons (Fsp3) is 0.227. The number of hydrogen-bond donors (Lipinski definition) is 2. The Morgan fingerprint density at radius 1 is 1.12 bits per heavy atom. The monoisotopic (exact) mass is 466 g/mol. The predicted octanol–water partition coefficient (Wildman–Crippen LogP) is 3.55. The zero-order valence-corrected chi connectivity index (χ0v) is 17.4. The number of alkyl halides is 3. The Morgan fingerprint density at radius 3 is 2.30 bits per heavy atom. The van der Waals surface area contributed by atoms with Crippen LogP contribution in [-0.2, 0) is 22.2 Å². The Morgan fingerprint density at radius 2 is 1.76 bits per heavy atom. The van der Waals surface area contributed by atoms with Gasteiger partial charge in [0.1, 0.15) is 6.54 Å². The Balaban J connectivity index is 2.12. The maximum Gasteiger partial charge on any atom is 0.416 e. The number of rotatable bonds is 6. The van der Waals surface area contributed by atoms with Gasteiger partial charge >= 0.3 is 12.1 Å². The molecule has 2 aromatic carbocycles. The second kappa shape index (κ2) is 8.93. The molecule has 0 aliphatic heterocycles. The van der Waals surface area contributed by atoms with Gasteiger partial charge in [0.15, 0.2) is 11.6 Å². The Bertz CT molecular complexity index is 1250. The van der Waals surface area contributed by atoms with Crippen LogP contribution in [0.2, 0.25) is 0 Å². The molecule has 0 radical (unpaired) electrons. The fourth-order valence-electron chi connectivity index (χ4n) is 3.45. The molecule has 11 heteroatoms. The van der Waals surface area contributed by atoms with Crippen molar-refractivity contribution in [3.05, 3.63) is 64.6 Å². The molecule has 1 heterocycles. The maximum atomic E-state index is 14.4. The largest absolute Gasteiger partial charge is 0.494 e. The van der Waals surface area contributed by atoms with E-state index in [2.05, 4.69) is 5.32 Å². The highest BCUT2D eigenvalue weighted by Crippen LogP contribution is 2.33. The van der Waals surface area contributed by atoms with Crippen molar-refractivity contribution < 1.29 is 41.8 Å². The van der Waals surface area contributed by atoms with Crippen LogP contribution in [0.3, 0.4) is 0 Å². The molecule has 33 heavy (non-hydrogen) atoms. The van der Waals surface area contributed by atoms with Gasteiger partial charge in [0.05, 0.1) is 24.6 Å². The quantitative estimate of drug-likeness (QED) is 0.542. The van der Waals surface area contributed by atoms with Gasteiger partial charge in [-0.3, -0.25) is 19.0 Å². The number of nitrogens with zero attached hydrogens (tertiary/aromatic N) is 1. The number of halogens is 4. The minimum Gasteiger partial charge on any atom is -0.494 e. The second-order valence-electron chi connectivity index (χ2n) is 7.13. The summed E-state index contributed by atoms with van der Waals surface area (Å²) in [7, 11) is 1.24. The summed E-state index contributed by atoms with van der Waals surface area (Å²) < 4.78 is 59.1. The molecule has 3 aromatic rings. The van der Waals surface area contributed by atoms with Crippen LogP contribution >= 0.6 is 0 Å². The minimum absolute atomic E-state index is 0.0803. The van der Waals surface area contributed by atoms with Crippen molar-refractivity contribution in [1.29, 1.82) is 0 Å². The predicted molar refractivity (Wildman–Crippen MR) is 109 cm³/mol. The summed E-state index contributed by atoms with van der Waals surface area (Å²) in [5.74, 6) is -3.55. The van der Waals surface area contributed by atoms with Gasteiger partial charge in [-0.25, -0.2) is 4.39 Å². The SMILES string of the molecule is COc1cc2c(CC(=O)NCC(=O)O)c(C)n(C(=O)c3ccc(C(F)(F)F)cc3)c2cc1F. The van der Waals surface area contributed by atoms with E-state index in [0.717, 1.165) is 34.9 Å². The number of fused-ring (bicyclic) bond motifs is 1. The molecule has 0 bridgehead atoms. The molecule has 1 amide bonds. The Hall–Kier alpha value is -3.89. The van der Waals surface area contributed by atoms with E-state index in [1.807, 2.05) is 0 Å². The molecule has 2 N–H and O–H groups in total. The van der Waals surface area contributed by atoms with Gasteiger partial charge in [0, 0.05) is 22.7 Å². The highest BCUT2D eigenvalue weighted by atomic mass is 19.4. The molecule has 174 valence electrons. The number of amides is 1. The number of carbonyl (C=O) groups is 3. The molecule has 0 saturated carbocycles. The second-order valence-corrected chi connectivity index (χ2v) is 7.13. The van der Waals surface area contributed by atoms with Crippen molar-refractivity contribution >= 4 is 28.7 Å². The molecule has 1 aromatic heterocycles. The minimum atomic E-state index is -4.58. The first-order valence-electron chi connectivity index (χ1n) is 9.52. The Kier molecular flexibility index (Phi) is 6.43. The fourth-order valence-corrected chi connectivity index (χ4v) is 3.45. The van der Waals surface area contributed by atoms with Gasteiger partial charge in [-0.15, -0.1) is 0 Å². The molecule has 0 atom stereocenters. The third kappa shape index (κ3) is 4.81. The van der Waals surface area contributed by atoms with Crippen LogP contribution in [0.1, 0.15) is 27.2 Å². The van der Waals surface area contributed by atoms with E-state index < -0.39 is 41.9 Å². The van der Waals surface area contributed by atoms with E-state index in [4.69, 9.17) is 9.84 Å². The first kappa shape index (κ1) is 23.8. The van der Waals surface area contributed by atoms with E-state index >= 15 is 0 Å². The van der Waals surface area contributed by atoms with Crippen molar-refractivity contribution in [2.75, 3.05) is 13.7 Å². The van der Waals surface area contributed by atoms with Crippen molar-refractivity contribution in [2.45, 2.75) is 19.5 Å². The Labute approximate surface area is 184 Å². The van der Waals surface area contributed by atoms with Gasteiger partial charge in [-0.05, 0) is 42.8 Å². The van der Waals surface area contributed by atoms with Gasteiger partial charge in [-0.2, -0.15) is 13.2 Å². The molecular weight excluding hydrogens is 448 g/mol. The van der Waals surface area contributed by atoms with E-state index in [-0.39, 0.29) is 28.9 Å². The zero-order valence-electron chi connectivity index (χ0n) is 17.4. The van der Waals surface area contributed by atoms with Crippen LogP contribution in [0.15, 0.2) is 36.4 Å². The summed E-state index contributed by atoms with van der Waals surface area (Å²) in [5.41, 5.74) is -0.378. The summed E-state index contributed by atoms with van der Waals surface area (Å²) in [6, 6.07) is 5.87. The number of nitrogens with one attached hydrogen (secondary N) is 1. The van der Waals surface area contributed by atoms with Crippen LogP contribution < -0.4 is 10.1 Å². The number of aliphatic carboxylic acids is 1. The van der Waals surface area contributed by atoms with Gasteiger partial charge < -0.3 is 15.2 Å². The van der Waals surface area contributed by atoms with Gasteiger partial charge in [0.25, 0.3) is 5.91 Å². The topological polar surface area (TPSA) is 97.6 Å². The van der Waals surface area contributed by atoms with Crippen LogP contribution in [0, 0.1) is 12.7 Å². The van der Waals surface area contributed by atoms with Crippen molar-refractivity contribution in [1.82, 2.24) is 9.88 Å². The summed E-state index contributed by atoms with van der Waals surface area (Å²) >= 11 is 0. The third-order valence-corrected chi connectivity index (χ3v) is 5.04. The lowest BCUT2D eigenvalue weighted by Gasteiger charge is -2.10. The molecule has 3 rings (SSSR count). The summed E-state index contributed by atoms with van der Waals surface area (Å²) in [5, 5.41) is 11.2. The number of hydrogen-bond acceptors (Lipinski definition) is 4. The third-order valence-electron chi connectivity index (χ3n) is 5.04. The van der Waals surface area contributed by atoms with Crippen LogP contribution in [0.5, 0.6) is 5.75 Å². The zero-order chi connectivity index (χ0) is 24.5. The van der Waals surface area contributed by atoms with Crippen molar-refractivity contribution in [3.8, 4) is 5.75 Å². The molecular formula is C22H18F4N2O5. The molecule has 0 spiro atoms. The first-order valence-corrected chi connectivity index (χ1v) is 9.52. The normalized spacial score (nSPS) is 11.5. The summed E-state index contributed by atoms with van der Waals surface area (Å²) in [4.78, 5) is 36.1. The lowest BCUT2D eigenvalue weighted by Crippen LogP contribution is -2.30. The summed E-state index contributed by atoms with van der Waals surface area (Å²) in [6.45, 7) is 0.880. The molecule has 0 saturated heterocycles. The number of carboxylic acid groups (broad SMARTS) is 1. The van der Waals surface area contributed by atoms with E-state index in [0.29, 0.717) is 10.9 Å². The van der Waals surface area contributed by atoms with Crippen molar-refractivity contribution in [2.24, 2.45) is 0 Å². The number of carbonyl (C=O) groups excluding carboxylic acids is 2. The lowest BCUT2D eigenvalue weighted by molar-refractivity contribution is -0.138. The first-order chi connectivity index (χ1) is 15.4. The van der Waals surface area contributed by atoms with E-state index in [1.54, 1.807) is 0 Å². The van der Waals surface area contributed by atoms with Gasteiger partial charge in [-0.1, -0.05) is 0 Å². The molecule has 0 fully saturated rings. The summed E-state index contributed by atoms with van der Waals surface area (Å²) in [6.07, 6.45) is -4.90. The van der Waals surface area contributed by atoms with Crippen molar-refractivity contribution in [3.63, 3.8) is 0 Å².